The Morgan fingerprint density at radius 3 is 2.52 bits per heavy atom. The van der Waals surface area contributed by atoms with Crippen molar-refractivity contribution in [3.8, 4) is 0 Å². The molecule has 4 unspecified atom stereocenters. The van der Waals surface area contributed by atoms with Gasteiger partial charge in [0.25, 0.3) is 0 Å². The second-order valence-corrected chi connectivity index (χ2v) is 6.26. The van der Waals surface area contributed by atoms with Crippen molar-refractivity contribution in [3.05, 3.63) is 35.4 Å². The topological polar surface area (TPSA) is 38.5 Å². The molecular weight excluding hydrogens is 260 g/mol. The maximum atomic E-state index is 6.54. The molecule has 3 heteroatoms. The van der Waals surface area contributed by atoms with Crippen LogP contribution in [-0.4, -0.2) is 36.2 Å². The zero-order valence-electron chi connectivity index (χ0n) is 13.9. The second-order valence-electron chi connectivity index (χ2n) is 6.26. The third kappa shape index (κ3) is 3.85. The lowest BCUT2D eigenvalue weighted by molar-refractivity contribution is -0.0733. The van der Waals surface area contributed by atoms with E-state index in [1.165, 1.54) is 11.1 Å². The van der Waals surface area contributed by atoms with E-state index in [9.17, 15) is 0 Å². The van der Waals surface area contributed by atoms with Crippen LogP contribution in [0.15, 0.2) is 24.3 Å². The number of aryl methyl sites for hydroxylation is 1. The first-order chi connectivity index (χ1) is 10.1. The van der Waals surface area contributed by atoms with Gasteiger partial charge in [-0.15, -0.1) is 0 Å². The van der Waals surface area contributed by atoms with Crippen LogP contribution >= 0.6 is 0 Å². The Bertz CT molecular complexity index is 431. The molecule has 118 valence electrons. The molecule has 1 aliphatic rings. The summed E-state index contributed by atoms with van der Waals surface area (Å²) >= 11 is 0. The predicted molar refractivity (Wildman–Crippen MR) is 88.4 cm³/mol. The zero-order chi connectivity index (χ0) is 15.4. The van der Waals surface area contributed by atoms with E-state index >= 15 is 0 Å². The number of benzene rings is 1. The van der Waals surface area contributed by atoms with Gasteiger partial charge in [-0.1, -0.05) is 38.1 Å². The van der Waals surface area contributed by atoms with Crippen molar-refractivity contribution in [2.24, 2.45) is 5.73 Å². The maximum Gasteiger partial charge on any atom is 0.0674 e. The fourth-order valence-corrected chi connectivity index (χ4v) is 3.18. The van der Waals surface area contributed by atoms with Gasteiger partial charge in [0.05, 0.1) is 12.7 Å². The molecule has 0 bridgehead atoms. The van der Waals surface area contributed by atoms with E-state index in [-0.39, 0.29) is 6.04 Å². The quantitative estimate of drug-likeness (QED) is 0.905. The Balaban J connectivity index is 2.10. The van der Waals surface area contributed by atoms with Gasteiger partial charge in [-0.3, -0.25) is 4.90 Å². The highest BCUT2D eigenvalue weighted by Crippen LogP contribution is 2.25. The van der Waals surface area contributed by atoms with Crippen LogP contribution in [0.5, 0.6) is 0 Å². The summed E-state index contributed by atoms with van der Waals surface area (Å²) < 4.78 is 5.79. The van der Waals surface area contributed by atoms with E-state index in [0.29, 0.717) is 18.2 Å². The van der Waals surface area contributed by atoms with Crippen LogP contribution in [-0.2, 0) is 11.2 Å². The molecule has 0 aromatic heterocycles. The van der Waals surface area contributed by atoms with Gasteiger partial charge in [-0.2, -0.15) is 0 Å². The highest BCUT2D eigenvalue weighted by molar-refractivity contribution is 5.25. The lowest BCUT2D eigenvalue weighted by Crippen LogP contribution is -2.54. The summed E-state index contributed by atoms with van der Waals surface area (Å²) in [6.07, 6.45) is 2.48. The van der Waals surface area contributed by atoms with Gasteiger partial charge in [0.15, 0.2) is 0 Å². The predicted octanol–water partition coefficient (Wildman–Crippen LogP) is 3.14. The average Bonchev–Trinajstić information content (AvgIpc) is 2.53. The average molecular weight is 290 g/mol. The van der Waals surface area contributed by atoms with Crippen molar-refractivity contribution in [2.45, 2.75) is 64.8 Å². The largest absolute Gasteiger partial charge is 0.376 e. The summed E-state index contributed by atoms with van der Waals surface area (Å²) in [5.74, 6) is 0. The molecular formula is C18H30N2O. The van der Waals surface area contributed by atoms with E-state index in [1.807, 2.05) is 0 Å². The summed E-state index contributed by atoms with van der Waals surface area (Å²) in [6, 6.07) is 9.62. The SMILES string of the molecule is CCc1ccc(C(N)C(C)N2CC(C)OCC2CC)cc1. The van der Waals surface area contributed by atoms with E-state index in [0.717, 1.165) is 26.0 Å². The smallest absolute Gasteiger partial charge is 0.0674 e. The van der Waals surface area contributed by atoms with Crippen LogP contribution < -0.4 is 5.73 Å². The minimum absolute atomic E-state index is 0.0512. The molecule has 21 heavy (non-hydrogen) atoms. The third-order valence-corrected chi connectivity index (χ3v) is 4.80. The molecule has 1 heterocycles. The molecule has 1 fully saturated rings. The van der Waals surface area contributed by atoms with Crippen LogP contribution in [0.3, 0.4) is 0 Å². The molecule has 1 aliphatic heterocycles. The first-order valence-corrected chi connectivity index (χ1v) is 8.28. The Hall–Kier alpha value is -0.900. The Morgan fingerprint density at radius 2 is 1.95 bits per heavy atom. The van der Waals surface area contributed by atoms with Crippen LogP contribution in [0.25, 0.3) is 0 Å². The first-order valence-electron chi connectivity index (χ1n) is 8.28. The number of ether oxygens (including phenoxy) is 1. The zero-order valence-corrected chi connectivity index (χ0v) is 13.9. The van der Waals surface area contributed by atoms with Gasteiger partial charge >= 0.3 is 0 Å². The number of morpholine rings is 1. The van der Waals surface area contributed by atoms with Crippen LogP contribution in [0.4, 0.5) is 0 Å². The molecule has 4 atom stereocenters. The molecule has 0 spiro atoms. The highest BCUT2D eigenvalue weighted by atomic mass is 16.5. The number of hydrogen-bond donors (Lipinski definition) is 1. The molecule has 0 amide bonds. The number of hydrogen-bond acceptors (Lipinski definition) is 3. The van der Waals surface area contributed by atoms with Gasteiger partial charge < -0.3 is 10.5 Å². The van der Waals surface area contributed by atoms with E-state index in [4.69, 9.17) is 10.5 Å². The Labute approximate surface area is 129 Å². The van der Waals surface area contributed by atoms with Crippen LogP contribution in [0.1, 0.15) is 51.3 Å². The van der Waals surface area contributed by atoms with Gasteiger partial charge in [-0.25, -0.2) is 0 Å². The van der Waals surface area contributed by atoms with Crippen molar-refractivity contribution >= 4 is 0 Å². The third-order valence-electron chi connectivity index (χ3n) is 4.80. The van der Waals surface area contributed by atoms with Crippen molar-refractivity contribution in [3.63, 3.8) is 0 Å². The lowest BCUT2D eigenvalue weighted by atomic mass is 9.96. The molecule has 3 nitrogen and oxygen atoms in total. The van der Waals surface area contributed by atoms with E-state index in [2.05, 4.69) is 56.9 Å². The molecule has 0 radical (unpaired) electrons. The number of rotatable bonds is 5. The molecule has 1 aromatic rings. The molecule has 0 saturated carbocycles. The molecule has 2 rings (SSSR count). The monoisotopic (exact) mass is 290 g/mol. The second kappa shape index (κ2) is 7.39. The summed E-state index contributed by atoms with van der Waals surface area (Å²) in [5, 5.41) is 0. The number of nitrogens with two attached hydrogens (primary N) is 1. The van der Waals surface area contributed by atoms with Crippen LogP contribution in [0.2, 0.25) is 0 Å². The standard InChI is InChI=1S/C18H30N2O/c1-5-15-7-9-16(10-8-15)18(19)14(4)20-11-13(3)21-12-17(20)6-2/h7-10,13-14,17-18H,5-6,11-12,19H2,1-4H3. The highest BCUT2D eigenvalue weighted by Gasteiger charge is 2.32. The van der Waals surface area contributed by atoms with Crippen LogP contribution in [0, 0.1) is 0 Å². The molecule has 1 aromatic carbocycles. The fourth-order valence-electron chi connectivity index (χ4n) is 3.18. The normalized spacial score (nSPS) is 26.5. The summed E-state index contributed by atoms with van der Waals surface area (Å²) in [5.41, 5.74) is 9.14. The van der Waals surface area contributed by atoms with E-state index < -0.39 is 0 Å². The van der Waals surface area contributed by atoms with Gasteiger partial charge in [0.2, 0.25) is 0 Å². The van der Waals surface area contributed by atoms with Crippen molar-refractivity contribution in [1.29, 1.82) is 0 Å². The number of nitrogens with zero attached hydrogens (tertiary/aromatic N) is 1. The first kappa shape index (κ1) is 16.5. The Morgan fingerprint density at radius 1 is 1.29 bits per heavy atom. The minimum Gasteiger partial charge on any atom is -0.376 e. The van der Waals surface area contributed by atoms with Crippen molar-refractivity contribution < 1.29 is 4.74 Å². The van der Waals surface area contributed by atoms with Gasteiger partial charge in [0.1, 0.15) is 0 Å². The minimum atomic E-state index is 0.0512. The van der Waals surface area contributed by atoms with Gasteiger partial charge in [0, 0.05) is 24.7 Å². The Kier molecular flexibility index (Phi) is 5.80. The van der Waals surface area contributed by atoms with Crippen molar-refractivity contribution in [2.75, 3.05) is 13.2 Å². The van der Waals surface area contributed by atoms with E-state index in [1.54, 1.807) is 0 Å². The van der Waals surface area contributed by atoms with Crippen molar-refractivity contribution in [1.82, 2.24) is 4.90 Å². The molecule has 0 aliphatic carbocycles. The van der Waals surface area contributed by atoms with Gasteiger partial charge in [-0.05, 0) is 37.8 Å². The summed E-state index contributed by atoms with van der Waals surface area (Å²) in [4.78, 5) is 2.53. The summed E-state index contributed by atoms with van der Waals surface area (Å²) in [6.45, 7) is 10.6. The summed E-state index contributed by atoms with van der Waals surface area (Å²) in [7, 11) is 0. The maximum absolute atomic E-state index is 6.54. The lowest BCUT2D eigenvalue weighted by Gasteiger charge is -2.43. The molecule has 2 N–H and O–H groups in total. The molecule has 1 saturated heterocycles. The fraction of sp³-hybridized carbons (Fsp3) is 0.667.